The van der Waals surface area contributed by atoms with Crippen LogP contribution >= 0.6 is 11.6 Å². The summed E-state index contributed by atoms with van der Waals surface area (Å²) in [5, 5.41) is 0. The lowest BCUT2D eigenvalue weighted by Crippen LogP contribution is -2.21. The lowest BCUT2D eigenvalue weighted by Gasteiger charge is -2.30. The molecule has 0 aromatic heterocycles. The van der Waals surface area contributed by atoms with Gasteiger partial charge in [-0.1, -0.05) is 46.5 Å². The molecule has 0 atom stereocenters. The van der Waals surface area contributed by atoms with Crippen LogP contribution in [0.1, 0.15) is 65.7 Å². The molecule has 80 valence electrons. The van der Waals surface area contributed by atoms with Crippen molar-refractivity contribution in [1.29, 1.82) is 0 Å². The number of halogens is 1. The molecule has 0 spiro atoms. The summed E-state index contributed by atoms with van der Waals surface area (Å²) in [4.78, 5) is 0. The van der Waals surface area contributed by atoms with Crippen LogP contribution in [-0.2, 0) is 0 Å². The fourth-order valence-corrected chi connectivity index (χ4v) is 2.27. The van der Waals surface area contributed by atoms with E-state index in [1.807, 2.05) is 0 Å². The van der Waals surface area contributed by atoms with Crippen LogP contribution < -0.4 is 0 Å². The standard InChI is InChI=1S/C12H25Cl/c1-4-7-9-12(6-3,11-13)10-8-5-2/h4-11H2,1-3H3. The maximum Gasteiger partial charge on any atom is 0.0279 e. The third-order valence-electron chi connectivity index (χ3n) is 3.15. The molecule has 0 rings (SSSR count). The summed E-state index contributed by atoms with van der Waals surface area (Å²) in [6, 6.07) is 0. The highest BCUT2D eigenvalue weighted by Crippen LogP contribution is 2.35. The molecule has 0 radical (unpaired) electrons. The van der Waals surface area contributed by atoms with E-state index in [1.54, 1.807) is 0 Å². The number of hydrogen-bond donors (Lipinski definition) is 0. The normalized spacial score (nSPS) is 12.0. The predicted octanol–water partition coefficient (Wildman–Crippen LogP) is 5.00. The molecule has 13 heavy (non-hydrogen) atoms. The largest absolute Gasteiger partial charge is 0.126 e. The maximum absolute atomic E-state index is 6.10. The predicted molar refractivity (Wildman–Crippen MR) is 62.5 cm³/mol. The van der Waals surface area contributed by atoms with Gasteiger partial charge in [-0.25, -0.2) is 0 Å². The number of unbranched alkanes of at least 4 members (excludes halogenated alkanes) is 2. The molecule has 0 unspecified atom stereocenters. The zero-order valence-corrected chi connectivity index (χ0v) is 10.3. The number of alkyl halides is 1. The Morgan fingerprint density at radius 1 is 0.923 bits per heavy atom. The molecule has 0 aliphatic carbocycles. The fourth-order valence-electron chi connectivity index (χ4n) is 1.81. The Labute approximate surface area is 89.1 Å². The SMILES string of the molecule is CCCCC(CC)(CCl)CCCC. The third kappa shape index (κ3) is 4.90. The van der Waals surface area contributed by atoms with Crippen molar-refractivity contribution in [3.63, 3.8) is 0 Å². The number of rotatable bonds is 8. The second kappa shape index (κ2) is 7.67. The van der Waals surface area contributed by atoms with Crippen LogP contribution in [0, 0.1) is 5.41 Å². The first-order valence-electron chi connectivity index (χ1n) is 5.80. The highest BCUT2D eigenvalue weighted by Gasteiger charge is 2.25. The first-order valence-corrected chi connectivity index (χ1v) is 6.34. The van der Waals surface area contributed by atoms with Crippen LogP contribution in [0.3, 0.4) is 0 Å². The summed E-state index contributed by atoms with van der Waals surface area (Å²) in [6.45, 7) is 6.80. The molecule has 0 bridgehead atoms. The number of hydrogen-bond acceptors (Lipinski definition) is 0. The van der Waals surface area contributed by atoms with Crippen LogP contribution in [0.5, 0.6) is 0 Å². The Morgan fingerprint density at radius 3 is 1.62 bits per heavy atom. The van der Waals surface area contributed by atoms with Gasteiger partial charge in [-0.2, -0.15) is 0 Å². The Hall–Kier alpha value is 0.290. The van der Waals surface area contributed by atoms with Crippen LogP contribution in [-0.4, -0.2) is 5.88 Å². The minimum absolute atomic E-state index is 0.452. The average molecular weight is 205 g/mol. The molecule has 0 aliphatic rings. The van der Waals surface area contributed by atoms with Gasteiger partial charge >= 0.3 is 0 Å². The van der Waals surface area contributed by atoms with E-state index in [2.05, 4.69) is 20.8 Å². The van der Waals surface area contributed by atoms with Gasteiger partial charge in [-0.3, -0.25) is 0 Å². The van der Waals surface area contributed by atoms with Gasteiger partial charge < -0.3 is 0 Å². The minimum atomic E-state index is 0.452. The molecular weight excluding hydrogens is 180 g/mol. The van der Waals surface area contributed by atoms with Crippen molar-refractivity contribution in [3.05, 3.63) is 0 Å². The van der Waals surface area contributed by atoms with E-state index in [0.29, 0.717) is 5.41 Å². The summed E-state index contributed by atoms with van der Waals surface area (Å²) >= 11 is 6.10. The molecule has 0 saturated carbocycles. The molecule has 0 aliphatic heterocycles. The van der Waals surface area contributed by atoms with Gasteiger partial charge in [0.15, 0.2) is 0 Å². The van der Waals surface area contributed by atoms with Gasteiger partial charge in [0, 0.05) is 5.88 Å². The van der Waals surface area contributed by atoms with Crippen molar-refractivity contribution >= 4 is 11.6 Å². The molecule has 0 amide bonds. The molecular formula is C12H25Cl. The van der Waals surface area contributed by atoms with Gasteiger partial charge in [0.1, 0.15) is 0 Å². The Morgan fingerprint density at radius 2 is 1.38 bits per heavy atom. The molecule has 0 aromatic rings. The van der Waals surface area contributed by atoms with E-state index >= 15 is 0 Å². The van der Waals surface area contributed by atoms with E-state index in [9.17, 15) is 0 Å². The van der Waals surface area contributed by atoms with Gasteiger partial charge in [0.05, 0.1) is 0 Å². The van der Waals surface area contributed by atoms with Crippen LogP contribution in [0.4, 0.5) is 0 Å². The van der Waals surface area contributed by atoms with Crippen molar-refractivity contribution in [3.8, 4) is 0 Å². The smallest absolute Gasteiger partial charge is 0.0279 e. The average Bonchev–Trinajstić information content (AvgIpc) is 2.20. The summed E-state index contributed by atoms with van der Waals surface area (Å²) in [5.41, 5.74) is 0.452. The monoisotopic (exact) mass is 204 g/mol. The summed E-state index contributed by atoms with van der Waals surface area (Å²) in [6.07, 6.45) is 9.16. The zero-order chi connectivity index (χ0) is 10.2. The summed E-state index contributed by atoms with van der Waals surface area (Å²) < 4.78 is 0. The van der Waals surface area contributed by atoms with Crippen molar-refractivity contribution in [1.82, 2.24) is 0 Å². The second-order valence-electron chi connectivity index (χ2n) is 4.19. The lowest BCUT2D eigenvalue weighted by atomic mass is 9.78. The molecule has 0 nitrogen and oxygen atoms in total. The van der Waals surface area contributed by atoms with E-state index in [0.717, 1.165) is 5.88 Å². The quantitative estimate of drug-likeness (QED) is 0.488. The van der Waals surface area contributed by atoms with Crippen molar-refractivity contribution in [2.24, 2.45) is 5.41 Å². The topological polar surface area (TPSA) is 0 Å². The highest BCUT2D eigenvalue weighted by molar-refractivity contribution is 6.18. The van der Waals surface area contributed by atoms with Crippen molar-refractivity contribution < 1.29 is 0 Å². The zero-order valence-electron chi connectivity index (χ0n) is 9.53. The first kappa shape index (κ1) is 13.3. The van der Waals surface area contributed by atoms with Crippen molar-refractivity contribution in [2.45, 2.75) is 65.7 Å². The third-order valence-corrected chi connectivity index (χ3v) is 3.72. The lowest BCUT2D eigenvalue weighted by molar-refractivity contribution is 0.251. The Kier molecular flexibility index (Phi) is 7.84. The molecule has 0 aromatic carbocycles. The summed E-state index contributed by atoms with van der Waals surface area (Å²) in [7, 11) is 0. The first-order chi connectivity index (χ1) is 6.24. The second-order valence-corrected chi connectivity index (χ2v) is 4.46. The molecule has 0 saturated heterocycles. The van der Waals surface area contributed by atoms with Gasteiger partial charge in [-0.05, 0) is 24.7 Å². The van der Waals surface area contributed by atoms with Gasteiger partial charge in [-0.15, -0.1) is 11.6 Å². The van der Waals surface area contributed by atoms with Gasteiger partial charge in [0.25, 0.3) is 0 Å². The molecule has 0 N–H and O–H groups in total. The van der Waals surface area contributed by atoms with E-state index in [4.69, 9.17) is 11.6 Å². The Balaban J connectivity index is 3.97. The molecule has 1 heteroatoms. The van der Waals surface area contributed by atoms with E-state index in [1.165, 1.54) is 44.9 Å². The Bertz CT molecular complexity index is 95.7. The van der Waals surface area contributed by atoms with Gasteiger partial charge in [0.2, 0.25) is 0 Å². The van der Waals surface area contributed by atoms with Crippen molar-refractivity contribution in [2.75, 3.05) is 5.88 Å². The van der Waals surface area contributed by atoms with E-state index in [-0.39, 0.29) is 0 Å². The minimum Gasteiger partial charge on any atom is -0.126 e. The molecule has 0 fully saturated rings. The van der Waals surface area contributed by atoms with E-state index < -0.39 is 0 Å². The van der Waals surface area contributed by atoms with Crippen LogP contribution in [0.2, 0.25) is 0 Å². The van der Waals surface area contributed by atoms with Crippen LogP contribution in [0.15, 0.2) is 0 Å². The summed E-state index contributed by atoms with van der Waals surface area (Å²) in [5.74, 6) is 0.851. The van der Waals surface area contributed by atoms with Crippen LogP contribution in [0.25, 0.3) is 0 Å². The fraction of sp³-hybridized carbons (Fsp3) is 1.00. The highest BCUT2D eigenvalue weighted by atomic mass is 35.5. The molecule has 0 heterocycles. The maximum atomic E-state index is 6.10.